The number of fused-ring (bicyclic) bond motifs is 2. The standard InChI is InChI=1S/C27H18N2/c1-3-10-19(11-4-1)24-18-22-21-14-7-8-16-25(21)29(20-12-5-2-6-13-20)26-17-9-15-23(28-24)27(22)26/h1-18H. The Kier molecular flexibility index (Phi) is 3.50. The van der Waals surface area contributed by atoms with E-state index < -0.39 is 0 Å². The Morgan fingerprint density at radius 3 is 2.07 bits per heavy atom. The Bertz CT molecular complexity index is 1340. The van der Waals surface area contributed by atoms with E-state index in [1.807, 2.05) is 6.07 Å². The number of benzene rings is 4. The largest absolute Gasteiger partial charge is 0.309 e. The lowest BCUT2D eigenvalue weighted by Crippen LogP contribution is -2.15. The molecule has 0 saturated carbocycles. The first-order valence-corrected chi connectivity index (χ1v) is 9.84. The fourth-order valence-electron chi connectivity index (χ4n) is 4.31. The van der Waals surface area contributed by atoms with Gasteiger partial charge in [-0.3, -0.25) is 0 Å². The number of nitrogens with zero attached hydrogens (tertiary/aromatic N) is 2. The second kappa shape index (κ2) is 6.32. The van der Waals surface area contributed by atoms with Gasteiger partial charge in [0, 0.05) is 22.2 Å². The average Bonchev–Trinajstić information content (AvgIpc) is 2.80. The number of rotatable bonds is 2. The van der Waals surface area contributed by atoms with E-state index in [1.165, 1.54) is 27.9 Å². The predicted molar refractivity (Wildman–Crippen MR) is 121 cm³/mol. The maximum absolute atomic E-state index is 5.02. The number of pyridine rings is 1. The van der Waals surface area contributed by atoms with Crippen molar-refractivity contribution in [1.29, 1.82) is 0 Å². The molecule has 0 radical (unpaired) electrons. The summed E-state index contributed by atoms with van der Waals surface area (Å²) in [6.45, 7) is 0. The van der Waals surface area contributed by atoms with Gasteiger partial charge in [0.2, 0.25) is 0 Å². The predicted octanol–water partition coefficient (Wildman–Crippen LogP) is 7.35. The molecule has 6 rings (SSSR count). The highest BCUT2D eigenvalue weighted by atomic mass is 15.2. The number of hydrogen-bond donors (Lipinski definition) is 0. The minimum absolute atomic E-state index is 1.01. The molecule has 0 amide bonds. The van der Waals surface area contributed by atoms with Gasteiger partial charge in [-0.15, -0.1) is 0 Å². The van der Waals surface area contributed by atoms with Crippen LogP contribution in [0.25, 0.3) is 33.3 Å². The molecule has 0 bridgehead atoms. The second-order valence-electron chi connectivity index (χ2n) is 7.28. The number of hydrogen-bond acceptors (Lipinski definition) is 2. The fraction of sp³-hybridized carbons (Fsp3) is 0. The van der Waals surface area contributed by atoms with Crippen LogP contribution in [0.1, 0.15) is 0 Å². The first-order valence-electron chi connectivity index (χ1n) is 9.84. The van der Waals surface area contributed by atoms with E-state index >= 15 is 0 Å². The van der Waals surface area contributed by atoms with Gasteiger partial charge < -0.3 is 4.90 Å². The first kappa shape index (κ1) is 16.1. The Morgan fingerprint density at radius 1 is 0.552 bits per heavy atom. The maximum atomic E-state index is 5.02. The molecule has 0 spiro atoms. The summed E-state index contributed by atoms with van der Waals surface area (Å²) in [5.74, 6) is 0. The van der Waals surface area contributed by atoms with Gasteiger partial charge in [-0.1, -0.05) is 72.8 Å². The van der Waals surface area contributed by atoms with Gasteiger partial charge in [-0.05, 0) is 42.0 Å². The van der Waals surface area contributed by atoms with Crippen LogP contribution in [-0.4, -0.2) is 4.98 Å². The van der Waals surface area contributed by atoms with Gasteiger partial charge in [-0.2, -0.15) is 0 Å². The monoisotopic (exact) mass is 370 g/mol. The van der Waals surface area contributed by atoms with Gasteiger partial charge in [0.1, 0.15) is 0 Å². The van der Waals surface area contributed by atoms with E-state index in [9.17, 15) is 0 Å². The third kappa shape index (κ3) is 2.46. The molecule has 2 heterocycles. The fourth-order valence-corrected chi connectivity index (χ4v) is 4.31. The number of para-hydroxylation sites is 2. The van der Waals surface area contributed by atoms with Gasteiger partial charge in [0.05, 0.1) is 22.6 Å². The molecule has 2 heteroatoms. The van der Waals surface area contributed by atoms with E-state index in [-0.39, 0.29) is 0 Å². The van der Waals surface area contributed by atoms with Crippen molar-refractivity contribution in [2.24, 2.45) is 0 Å². The van der Waals surface area contributed by atoms with Crippen LogP contribution in [0.2, 0.25) is 0 Å². The number of anilines is 3. The summed E-state index contributed by atoms with van der Waals surface area (Å²) in [5, 5.41) is 1.20. The summed E-state index contributed by atoms with van der Waals surface area (Å²) >= 11 is 0. The zero-order valence-corrected chi connectivity index (χ0v) is 15.8. The van der Waals surface area contributed by atoms with Crippen LogP contribution in [0.3, 0.4) is 0 Å². The minimum Gasteiger partial charge on any atom is -0.309 e. The van der Waals surface area contributed by atoms with Crippen LogP contribution in [-0.2, 0) is 0 Å². The van der Waals surface area contributed by atoms with E-state index in [2.05, 4.69) is 108 Å². The molecule has 29 heavy (non-hydrogen) atoms. The van der Waals surface area contributed by atoms with Crippen molar-refractivity contribution in [2.45, 2.75) is 0 Å². The smallest absolute Gasteiger partial charge is 0.0736 e. The molecule has 0 unspecified atom stereocenters. The molecule has 0 N–H and O–H groups in total. The lowest BCUT2D eigenvalue weighted by Gasteiger charge is -2.33. The Morgan fingerprint density at radius 2 is 1.24 bits per heavy atom. The van der Waals surface area contributed by atoms with Crippen LogP contribution in [0.4, 0.5) is 17.1 Å². The van der Waals surface area contributed by atoms with Crippen molar-refractivity contribution < 1.29 is 0 Å². The zero-order chi connectivity index (χ0) is 19.2. The van der Waals surface area contributed by atoms with Crippen LogP contribution < -0.4 is 4.90 Å². The lowest BCUT2D eigenvalue weighted by atomic mass is 9.91. The molecule has 4 aromatic carbocycles. The number of aromatic nitrogens is 1. The Labute approximate surface area is 169 Å². The summed E-state index contributed by atoms with van der Waals surface area (Å²) in [6.07, 6.45) is 0. The summed E-state index contributed by atoms with van der Waals surface area (Å²) in [7, 11) is 0. The van der Waals surface area contributed by atoms with Crippen LogP contribution in [0.15, 0.2) is 109 Å². The van der Waals surface area contributed by atoms with Crippen molar-refractivity contribution in [1.82, 2.24) is 4.98 Å². The summed E-state index contributed by atoms with van der Waals surface area (Å²) in [6, 6.07) is 38.3. The average molecular weight is 370 g/mol. The van der Waals surface area contributed by atoms with Crippen molar-refractivity contribution in [3.05, 3.63) is 109 Å². The molecular formula is C27H18N2. The first-order chi connectivity index (χ1) is 14.4. The molecule has 0 saturated heterocycles. The van der Waals surface area contributed by atoms with E-state index in [0.717, 1.165) is 22.5 Å². The normalized spacial score (nSPS) is 12.1. The lowest BCUT2D eigenvalue weighted by molar-refractivity contribution is 1.27. The van der Waals surface area contributed by atoms with Gasteiger partial charge in [0.15, 0.2) is 0 Å². The molecule has 0 aliphatic carbocycles. The van der Waals surface area contributed by atoms with E-state index in [0.29, 0.717) is 0 Å². The summed E-state index contributed by atoms with van der Waals surface area (Å²) < 4.78 is 0. The van der Waals surface area contributed by atoms with Gasteiger partial charge in [0.25, 0.3) is 0 Å². The SMILES string of the molecule is c1ccc(-c2cc3c4c(cccc4n2)N(c2ccccc2)c2ccccc2-3)cc1. The molecule has 0 fully saturated rings. The van der Waals surface area contributed by atoms with E-state index in [1.54, 1.807) is 0 Å². The highest BCUT2D eigenvalue weighted by Gasteiger charge is 2.26. The summed E-state index contributed by atoms with van der Waals surface area (Å²) in [4.78, 5) is 7.36. The second-order valence-corrected chi connectivity index (χ2v) is 7.28. The molecule has 136 valence electrons. The molecule has 1 aliphatic heterocycles. The van der Waals surface area contributed by atoms with E-state index in [4.69, 9.17) is 4.98 Å². The topological polar surface area (TPSA) is 16.1 Å². The molecule has 1 aromatic heterocycles. The molecule has 0 atom stereocenters. The van der Waals surface area contributed by atoms with Gasteiger partial charge >= 0.3 is 0 Å². The third-order valence-corrected chi connectivity index (χ3v) is 5.57. The van der Waals surface area contributed by atoms with Crippen molar-refractivity contribution >= 4 is 28.0 Å². The van der Waals surface area contributed by atoms with Crippen molar-refractivity contribution in [2.75, 3.05) is 4.90 Å². The highest BCUT2D eigenvalue weighted by Crippen LogP contribution is 2.50. The molecule has 1 aliphatic rings. The van der Waals surface area contributed by atoms with Crippen LogP contribution in [0.5, 0.6) is 0 Å². The molecular weight excluding hydrogens is 352 g/mol. The van der Waals surface area contributed by atoms with Crippen LogP contribution >= 0.6 is 0 Å². The Hall–Kier alpha value is -3.91. The highest BCUT2D eigenvalue weighted by molar-refractivity contribution is 6.13. The maximum Gasteiger partial charge on any atom is 0.0736 e. The third-order valence-electron chi connectivity index (χ3n) is 5.57. The summed E-state index contributed by atoms with van der Waals surface area (Å²) in [5.41, 5.74) is 9.18. The molecule has 5 aromatic rings. The molecule has 2 nitrogen and oxygen atoms in total. The van der Waals surface area contributed by atoms with Crippen molar-refractivity contribution in [3.63, 3.8) is 0 Å². The zero-order valence-electron chi connectivity index (χ0n) is 15.8. The Balaban J connectivity index is 1.71. The van der Waals surface area contributed by atoms with Crippen molar-refractivity contribution in [3.8, 4) is 22.4 Å². The van der Waals surface area contributed by atoms with Crippen LogP contribution in [0, 0.1) is 0 Å². The van der Waals surface area contributed by atoms with Gasteiger partial charge in [-0.25, -0.2) is 4.98 Å². The minimum atomic E-state index is 1.01. The quantitative estimate of drug-likeness (QED) is 0.317.